The molecule has 0 atom stereocenters. The van der Waals surface area contributed by atoms with Crippen molar-refractivity contribution >= 4 is 37.9 Å². The van der Waals surface area contributed by atoms with Crippen LogP contribution in [0.4, 0.5) is 5.69 Å². The Hall–Kier alpha value is -1.33. The number of aromatic nitrogens is 2. The Balaban J connectivity index is 1.76. The van der Waals surface area contributed by atoms with Crippen LogP contribution in [0, 0.1) is 0 Å². The minimum absolute atomic E-state index is 0.733. The van der Waals surface area contributed by atoms with Gasteiger partial charge in [0.15, 0.2) is 4.96 Å². The van der Waals surface area contributed by atoms with E-state index in [9.17, 15) is 0 Å². The molecule has 3 aromatic rings. The molecule has 0 fully saturated rings. The summed E-state index contributed by atoms with van der Waals surface area (Å²) in [5, 5.41) is 5.40. The minimum atomic E-state index is 0.733. The first kappa shape index (κ1) is 10.8. The number of hydrogen-bond donors (Lipinski definition) is 1. The maximum Gasteiger partial charge on any atom is 0.193 e. The Morgan fingerprint density at radius 3 is 3.06 bits per heavy atom. The van der Waals surface area contributed by atoms with Gasteiger partial charge in [0.25, 0.3) is 0 Å². The van der Waals surface area contributed by atoms with Crippen molar-refractivity contribution in [2.24, 2.45) is 0 Å². The van der Waals surface area contributed by atoms with Gasteiger partial charge in [0.2, 0.25) is 0 Å². The second kappa shape index (κ2) is 4.50. The monoisotopic (exact) mass is 307 g/mol. The summed E-state index contributed by atoms with van der Waals surface area (Å²) in [4.78, 5) is 5.56. The smallest absolute Gasteiger partial charge is 0.193 e. The number of halogens is 1. The summed E-state index contributed by atoms with van der Waals surface area (Å²) < 4.78 is 3.11. The van der Waals surface area contributed by atoms with Gasteiger partial charge in [-0.3, -0.25) is 4.40 Å². The molecule has 0 radical (unpaired) electrons. The Morgan fingerprint density at radius 1 is 1.35 bits per heavy atom. The molecule has 2 heterocycles. The lowest BCUT2D eigenvalue weighted by molar-refractivity contribution is 1.08. The van der Waals surface area contributed by atoms with Crippen molar-refractivity contribution in [1.29, 1.82) is 0 Å². The molecule has 17 heavy (non-hydrogen) atoms. The fourth-order valence-electron chi connectivity index (χ4n) is 1.65. The first-order valence-corrected chi connectivity index (χ1v) is 6.90. The van der Waals surface area contributed by atoms with Crippen LogP contribution in [-0.2, 0) is 6.54 Å². The summed E-state index contributed by atoms with van der Waals surface area (Å²) in [6.45, 7) is 0.733. The molecule has 0 unspecified atom stereocenters. The highest BCUT2D eigenvalue weighted by Gasteiger charge is 2.03. The summed E-state index contributed by atoms with van der Waals surface area (Å²) in [6, 6.07) is 8.08. The van der Waals surface area contributed by atoms with E-state index in [4.69, 9.17) is 0 Å². The van der Waals surface area contributed by atoms with E-state index in [2.05, 4.69) is 32.4 Å². The number of nitrogens with one attached hydrogen (secondary N) is 1. The van der Waals surface area contributed by atoms with E-state index in [0.717, 1.165) is 27.4 Å². The highest BCUT2D eigenvalue weighted by Crippen LogP contribution is 2.22. The summed E-state index contributed by atoms with van der Waals surface area (Å²) in [6.07, 6.45) is 4.07. The van der Waals surface area contributed by atoms with Crippen molar-refractivity contribution in [2.75, 3.05) is 5.32 Å². The van der Waals surface area contributed by atoms with Crippen LogP contribution < -0.4 is 5.32 Å². The number of benzene rings is 1. The molecule has 3 rings (SSSR count). The van der Waals surface area contributed by atoms with Crippen LogP contribution in [0.1, 0.15) is 5.69 Å². The van der Waals surface area contributed by atoms with Crippen LogP contribution in [0.3, 0.4) is 0 Å². The van der Waals surface area contributed by atoms with Crippen LogP contribution in [0.15, 0.2) is 46.5 Å². The highest BCUT2D eigenvalue weighted by molar-refractivity contribution is 9.10. The lowest BCUT2D eigenvalue weighted by atomic mass is 10.3. The standard InChI is InChI=1S/C12H10BrN3S/c13-10-3-1-2-4-11(10)14-7-9-8-16-5-6-17-12(16)15-9/h1-6,8,14H,7H2. The number of anilines is 1. The Bertz CT molecular complexity index is 615. The maximum absolute atomic E-state index is 4.52. The molecular weight excluding hydrogens is 298 g/mol. The van der Waals surface area contributed by atoms with Crippen LogP contribution in [0.2, 0.25) is 0 Å². The average Bonchev–Trinajstić information content (AvgIpc) is 2.88. The molecule has 5 heteroatoms. The summed E-state index contributed by atoms with van der Waals surface area (Å²) >= 11 is 5.16. The number of para-hydroxylation sites is 1. The Kier molecular flexibility index (Phi) is 2.86. The predicted molar refractivity (Wildman–Crippen MR) is 74.5 cm³/mol. The van der Waals surface area contributed by atoms with E-state index in [0.29, 0.717) is 0 Å². The molecule has 1 N–H and O–H groups in total. The quantitative estimate of drug-likeness (QED) is 0.798. The largest absolute Gasteiger partial charge is 0.378 e. The van der Waals surface area contributed by atoms with Crippen LogP contribution in [0.25, 0.3) is 4.96 Å². The van der Waals surface area contributed by atoms with Gasteiger partial charge in [0, 0.05) is 27.9 Å². The molecule has 2 aromatic heterocycles. The lowest BCUT2D eigenvalue weighted by Gasteiger charge is -2.05. The number of thiazole rings is 1. The van der Waals surface area contributed by atoms with E-state index < -0.39 is 0 Å². The fraction of sp³-hybridized carbons (Fsp3) is 0.0833. The van der Waals surface area contributed by atoms with Gasteiger partial charge >= 0.3 is 0 Å². The molecule has 1 aromatic carbocycles. The molecule has 0 saturated carbocycles. The zero-order chi connectivity index (χ0) is 11.7. The first-order chi connectivity index (χ1) is 8.33. The number of imidazole rings is 1. The van der Waals surface area contributed by atoms with E-state index in [1.807, 2.05) is 40.2 Å². The number of rotatable bonds is 3. The zero-order valence-electron chi connectivity index (χ0n) is 8.93. The molecule has 0 spiro atoms. The van der Waals surface area contributed by atoms with Gasteiger partial charge in [-0.25, -0.2) is 4.98 Å². The van der Waals surface area contributed by atoms with E-state index in [-0.39, 0.29) is 0 Å². The summed E-state index contributed by atoms with van der Waals surface area (Å²) in [7, 11) is 0. The number of nitrogens with zero attached hydrogens (tertiary/aromatic N) is 2. The van der Waals surface area contributed by atoms with Gasteiger partial charge in [-0.1, -0.05) is 12.1 Å². The van der Waals surface area contributed by atoms with Crippen molar-refractivity contribution in [3.63, 3.8) is 0 Å². The lowest BCUT2D eigenvalue weighted by Crippen LogP contribution is -1.99. The molecule has 0 aliphatic rings. The van der Waals surface area contributed by atoms with Gasteiger partial charge in [-0.2, -0.15) is 0 Å². The second-order valence-electron chi connectivity index (χ2n) is 3.66. The third-order valence-electron chi connectivity index (χ3n) is 2.48. The molecular formula is C12H10BrN3S. The fourth-order valence-corrected chi connectivity index (χ4v) is 2.80. The van der Waals surface area contributed by atoms with Gasteiger partial charge in [-0.15, -0.1) is 11.3 Å². The van der Waals surface area contributed by atoms with Crippen LogP contribution >= 0.6 is 27.3 Å². The van der Waals surface area contributed by atoms with Gasteiger partial charge in [0.05, 0.1) is 12.2 Å². The SMILES string of the molecule is Brc1ccccc1NCc1cn2ccsc2n1. The Morgan fingerprint density at radius 2 is 2.24 bits per heavy atom. The van der Waals surface area contributed by atoms with Gasteiger partial charge in [0.1, 0.15) is 0 Å². The van der Waals surface area contributed by atoms with Crippen LogP contribution in [-0.4, -0.2) is 9.38 Å². The highest BCUT2D eigenvalue weighted by atomic mass is 79.9. The zero-order valence-corrected chi connectivity index (χ0v) is 11.3. The van der Waals surface area contributed by atoms with E-state index in [1.54, 1.807) is 11.3 Å². The normalized spacial score (nSPS) is 10.9. The molecule has 0 amide bonds. The van der Waals surface area contributed by atoms with Crippen LogP contribution in [0.5, 0.6) is 0 Å². The summed E-state index contributed by atoms with van der Waals surface area (Å²) in [5.74, 6) is 0. The third kappa shape index (κ3) is 2.21. The van der Waals surface area contributed by atoms with Crippen molar-refractivity contribution < 1.29 is 0 Å². The van der Waals surface area contributed by atoms with Gasteiger partial charge in [-0.05, 0) is 28.1 Å². The number of fused-ring (bicyclic) bond motifs is 1. The summed E-state index contributed by atoms with van der Waals surface area (Å²) in [5.41, 5.74) is 2.14. The molecule has 0 saturated heterocycles. The third-order valence-corrected chi connectivity index (χ3v) is 3.94. The molecule has 0 bridgehead atoms. The van der Waals surface area contributed by atoms with Crippen molar-refractivity contribution in [1.82, 2.24) is 9.38 Å². The molecule has 3 nitrogen and oxygen atoms in total. The maximum atomic E-state index is 4.52. The first-order valence-electron chi connectivity index (χ1n) is 5.22. The minimum Gasteiger partial charge on any atom is -0.378 e. The molecule has 0 aliphatic heterocycles. The van der Waals surface area contributed by atoms with E-state index in [1.165, 1.54) is 0 Å². The molecule has 0 aliphatic carbocycles. The predicted octanol–water partition coefficient (Wildman–Crippen LogP) is 3.77. The van der Waals surface area contributed by atoms with Crippen molar-refractivity contribution in [3.8, 4) is 0 Å². The van der Waals surface area contributed by atoms with Gasteiger partial charge < -0.3 is 5.32 Å². The van der Waals surface area contributed by atoms with Crippen molar-refractivity contribution in [3.05, 3.63) is 52.2 Å². The van der Waals surface area contributed by atoms with E-state index >= 15 is 0 Å². The van der Waals surface area contributed by atoms with Crippen molar-refractivity contribution in [2.45, 2.75) is 6.54 Å². The topological polar surface area (TPSA) is 29.3 Å². The number of hydrogen-bond acceptors (Lipinski definition) is 3. The Labute approximate surface area is 111 Å². The second-order valence-corrected chi connectivity index (χ2v) is 5.39. The molecule has 86 valence electrons. The average molecular weight is 308 g/mol.